The maximum absolute atomic E-state index is 6.13. The Kier molecular flexibility index (Phi) is 3.10. The Balaban J connectivity index is 2.14. The van der Waals surface area contributed by atoms with E-state index in [1.165, 1.54) is 0 Å². The van der Waals surface area contributed by atoms with Crippen LogP contribution in [0.4, 0.5) is 0 Å². The molecular formula is C12H17N3O. The predicted molar refractivity (Wildman–Crippen MR) is 61.9 cm³/mol. The maximum Gasteiger partial charge on any atom is 0.105 e. The summed E-state index contributed by atoms with van der Waals surface area (Å²) in [6.45, 7) is 2.09. The van der Waals surface area contributed by atoms with Gasteiger partial charge in [-0.3, -0.25) is 4.68 Å². The van der Waals surface area contributed by atoms with Crippen LogP contribution in [0, 0.1) is 0 Å². The molecule has 0 aliphatic carbocycles. The average Bonchev–Trinajstić information content (AvgIpc) is 2.87. The minimum atomic E-state index is -0.0658. The number of aromatic nitrogens is 2. The van der Waals surface area contributed by atoms with Gasteiger partial charge in [-0.1, -0.05) is 6.92 Å². The summed E-state index contributed by atoms with van der Waals surface area (Å²) in [4.78, 5) is 0. The van der Waals surface area contributed by atoms with Crippen molar-refractivity contribution in [2.24, 2.45) is 12.8 Å². The van der Waals surface area contributed by atoms with E-state index in [2.05, 4.69) is 18.1 Å². The minimum absolute atomic E-state index is 0.0658. The lowest BCUT2D eigenvalue weighted by Gasteiger charge is -2.09. The van der Waals surface area contributed by atoms with Crippen molar-refractivity contribution in [3.63, 3.8) is 0 Å². The molecule has 0 fully saturated rings. The molecule has 4 nitrogen and oxygen atoms in total. The second kappa shape index (κ2) is 4.53. The first-order chi connectivity index (χ1) is 7.70. The second-order valence-electron chi connectivity index (χ2n) is 3.93. The van der Waals surface area contributed by atoms with Crippen molar-refractivity contribution in [2.75, 3.05) is 0 Å². The minimum Gasteiger partial charge on any atom is -0.469 e. The van der Waals surface area contributed by atoms with Crippen LogP contribution in [0.3, 0.4) is 0 Å². The van der Waals surface area contributed by atoms with E-state index in [9.17, 15) is 0 Å². The highest BCUT2D eigenvalue weighted by molar-refractivity contribution is 5.16. The van der Waals surface area contributed by atoms with E-state index >= 15 is 0 Å². The Labute approximate surface area is 95.1 Å². The first kappa shape index (κ1) is 11.0. The third-order valence-electron chi connectivity index (χ3n) is 2.71. The molecule has 1 unspecified atom stereocenters. The van der Waals surface area contributed by atoms with Crippen molar-refractivity contribution in [3.05, 3.63) is 41.6 Å². The molecule has 2 aromatic rings. The van der Waals surface area contributed by atoms with Gasteiger partial charge in [-0.15, -0.1) is 0 Å². The molecule has 0 bridgehead atoms. The monoisotopic (exact) mass is 219 g/mol. The third kappa shape index (κ3) is 2.17. The maximum atomic E-state index is 6.13. The van der Waals surface area contributed by atoms with Crippen LogP contribution in [0.5, 0.6) is 0 Å². The zero-order valence-corrected chi connectivity index (χ0v) is 9.68. The van der Waals surface area contributed by atoms with E-state index in [4.69, 9.17) is 10.2 Å². The van der Waals surface area contributed by atoms with Crippen molar-refractivity contribution in [1.29, 1.82) is 0 Å². The van der Waals surface area contributed by atoms with Crippen LogP contribution in [0.15, 0.2) is 28.9 Å². The Hall–Kier alpha value is -1.55. The van der Waals surface area contributed by atoms with Crippen LogP contribution >= 0.6 is 0 Å². The molecule has 0 aliphatic rings. The Morgan fingerprint density at radius 2 is 2.38 bits per heavy atom. The highest BCUT2D eigenvalue weighted by atomic mass is 16.3. The fraction of sp³-hybridized carbons (Fsp3) is 0.417. The number of rotatable bonds is 4. The van der Waals surface area contributed by atoms with Crippen LogP contribution in [0.25, 0.3) is 0 Å². The topological polar surface area (TPSA) is 57.0 Å². The van der Waals surface area contributed by atoms with Crippen LogP contribution in [-0.4, -0.2) is 9.78 Å². The quantitative estimate of drug-likeness (QED) is 0.853. The van der Waals surface area contributed by atoms with Crippen molar-refractivity contribution >= 4 is 0 Å². The summed E-state index contributed by atoms with van der Waals surface area (Å²) in [5.41, 5.74) is 8.26. The van der Waals surface area contributed by atoms with Crippen molar-refractivity contribution < 1.29 is 4.42 Å². The fourth-order valence-electron chi connectivity index (χ4n) is 1.81. The summed E-state index contributed by atoms with van der Waals surface area (Å²) in [5.74, 6) is 0.909. The number of nitrogens with two attached hydrogens (primary N) is 1. The molecule has 86 valence electrons. The molecule has 16 heavy (non-hydrogen) atoms. The van der Waals surface area contributed by atoms with Crippen LogP contribution < -0.4 is 5.73 Å². The summed E-state index contributed by atoms with van der Waals surface area (Å²) >= 11 is 0. The van der Waals surface area contributed by atoms with Gasteiger partial charge in [-0.2, -0.15) is 5.10 Å². The fourth-order valence-corrected chi connectivity index (χ4v) is 1.81. The zero-order valence-electron chi connectivity index (χ0n) is 9.68. The van der Waals surface area contributed by atoms with Crippen LogP contribution in [0.2, 0.25) is 0 Å². The van der Waals surface area contributed by atoms with E-state index in [1.807, 2.05) is 23.9 Å². The molecule has 0 spiro atoms. The first-order valence-corrected chi connectivity index (χ1v) is 5.51. The number of nitrogens with zero attached hydrogens (tertiary/aromatic N) is 2. The highest BCUT2D eigenvalue weighted by Gasteiger charge is 2.14. The molecule has 0 radical (unpaired) electrons. The van der Waals surface area contributed by atoms with E-state index in [1.54, 1.807) is 6.26 Å². The first-order valence-electron chi connectivity index (χ1n) is 5.51. The smallest absolute Gasteiger partial charge is 0.105 e. The summed E-state index contributed by atoms with van der Waals surface area (Å²) in [6, 6.07) is 5.82. The van der Waals surface area contributed by atoms with Crippen LogP contribution in [-0.2, 0) is 19.9 Å². The number of furan rings is 1. The average molecular weight is 219 g/mol. The molecule has 2 rings (SSSR count). The van der Waals surface area contributed by atoms with E-state index in [0.717, 1.165) is 23.6 Å². The second-order valence-corrected chi connectivity index (χ2v) is 3.93. The lowest BCUT2D eigenvalue weighted by atomic mass is 10.1. The molecule has 2 heterocycles. The Morgan fingerprint density at radius 3 is 2.94 bits per heavy atom. The molecule has 0 amide bonds. The number of aryl methyl sites for hydroxylation is 2. The molecule has 0 aromatic carbocycles. The number of hydrogen-bond donors (Lipinski definition) is 1. The molecule has 1 atom stereocenters. The summed E-state index contributed by atoms with van der Waals surface area (Å²) in [5, 5.41) is 4.39. The Morgan fingerprint density at radius 1 is 1.56 bits per heavy atom. The lowest BCUT2D eigenvalue weighted by Crippen LogP contribution is -2.16. The Bertz CT molecular complexity index is 445. The molecular weight excluding hydrogens is 202 g/mol. The van der Waals surface area contributed by atoms with Crippen molar-refractivity contribution in [1.82, 2.24) is 9.78 Å². The molecule has 2 aromatic heterocycles. The van der Waals surface area contributed by atoms with Crippen molar-refractivity contribution in [3.8, 4) is 0 Å². The lowest BCUT2D eigenvalue weighted by molar-refractivity contribution is 0.479. The van der Waals surface area contributed by atoms with Gasteiger partial charge in [0.05, 0.1) is 23.7 Å². The predicted octanol–water partition coefficient (Wildman–Crippen LogP) is 1.82. The SMILES string of the molecule is CCc1cc(C(N)Cc2ccco2)n(C)n1. The van der Waals surface area contributed by atoms with E-state index < -0.39 is 0 Å². The molecule has 0 aliphatic heterocycles. The van der Waals surface area contributed by atoms with Gasteiger partial charge < -0.3 is 10.2 Å². The number of hydrogen-bond acceptors (Lipinski definition) is 3. The zero-order chi connectivity index (χ0) is 11.5. The van der Waals surface area contributed by atoms with Gasteiger partial charge in [-0.25, -0.2) is 0 Å². The van der Waals surface area contributed by atoms with Gasteiger partial charge in [0.25, 0.3) is 0 Å². The van der Waals surface area contributed by atoms with Gasteiger partial charge >= 0.3 is 0 Å². The molecule has 0 saturated carbocycles. The molecule has 4 heteroatoms. The van der Waals surface area contributed by atoms with Gasteiger partial charge in [-0.05, 0) is 24.6 Å². The van der Waals surface area contributed by atoms with Crippen LogP contribution in [0.1, 0.15) is 30.1 Å². The normalized spacial score (nSPS) is 12.9. The van der Waals surface area contributed by atoms with Crippen molar-refractivity contribution in [2.45, 2.75) is 25.8 Å². The molecule has 2 N–H and O–H groups in total. The van der Waals surface area contributed by atoms with E-state index in [0.29, 0.717) is 6.42 Å². The van der Waals surface area contributed by atoms with Gasteiger partial charge in [0.15, 0.2) is 0 Å². The summed E-state index contributed by atoms with van der Waals surface area (Å²) < 4.78 is 7.14. The molecule has 0 saturated heterocycles. The summed E-state index contributed by atoms with van der Waals surface area (Å²) in [7, 11) is 1.93. The van der Waals surface area contributed by atoms with Gasteiger partial charge in [0.2, 0.25) is 0 Å². The van der Waals surface area contributed by atoms with Gasteiger partial charge in [0.1, 0.15) is 5.76 Å². The van der Waals surface area contributed by atoms with E-state index in [-0.39, 0.29) is 6.04 Å². The van der Waals surface area contributed by atoms with Gasteiger partial charge in [0, 0.05) is 13.5 Å². The standard InChI is InChI=1S/C12H17N3O/c1-3-9-7-12(15(2)14-9)11(13)8-10-5-4-6-16-10/h4-7,11H,3,8,13H2,1-2H3. The largest absolute Gasteiger partial charge is 0.469 e. The third-order valence-corrected chi connectivity index (χ3v) is 2.71. The summed E-state index contributed by atoms with van der Waals surface area (Å²) in [6.07, 6.45) is 3.31. The highest BCUT2D eigenvalue weighted by Crippen LogP contribution is 2.17.